The molecule has 1 aromatic carbocycles. The van der Waals surface area contributed by atoms with Gasteiger partial charge in [-0.15, -0.1) is 0 Å². The highest BCUT2D eigenvalue weighted by Gasteiger charge is 2.06. The van der Waals surface area contributed by atoms with E-state index in [1.165, 1.54) is 5.56 Å². The molecule has 0 saturated heterocycles. The van der Waals surface area contributed by atoms with Gasteiger partial charge >= 0.3 is 0 Å². The van der Waals surface area contributed by atoms with Gasteiger partial charge in [0.15, 0.2) is 0 Å². The Balaban J connectivity index is 2.13. The minimum Gasteiger partial charge on any atom is -0.497 e. The molecule has 0 amide bonds. The van der Waals surface area contributed by atoms with E-state index < -0.39 is 0 Å². The van der Waals surface area contributed by atoms with E-state index >= 15 is 0 Å². The van der Waals surface area contributed by atoms with Crippen molar-refractivity contribution < 1.29 is 4.74 Å². The largest absolute Gasteiger partial charge is 0.497 e. The van der Waals surface area contributed by atoms with Crippen molar-refractivity contribution in [3.8, 4) is 5.75 Å². The van der Waals surface area contributed by atoms with E-state index in [0.717, 1.165) is 33.8 Å². The number of H-pyrrole nitrogens is 1. The standard InChI is InChI=1S/C13H16BrN3O/c1-8-13(9(2)17-16-8)7-15-11-4-10(14)5-12(6-11)18-3/h4-6,15H,7H2,1-3H3,(H,16,17). The van der Waals surface area contributed by atoms with E-state index in [1.54, 1.807) is 7.11 Å². The lowest BCUT2D eigenvalue weighted by molar-refractivity contribution is 0.414. The van der Waals surface area contributed by atoms with Crippen molar-refractivity contribution in [1.82, 2.24) is 10.2 Å². The summed E-state index contributed by atoms with van der Waals surface area (Å²) < 4.78 is 6.22. The highest BCUT2D eigenvalue weighted by atomic mass is 79.9. The summed E-state index contributed by atoms with van der Waals surface area (Å²) in [5, 5.41) is 10.5. The van der Waals surface area contributed by atoms with Crippen molar-refractivity contribution in [1.29, 1.82) is 0 Å². The third kappa shape index (κ3) is 2.85. The lowest BCUT2D eigenvalue weighted by Crippen LogP contribution is -2.01. The first-order valence-electron chi connectivity index (χ1n) is 5.69. The number of anilines is 1. The first-order valence-corrected chi connectivity index (χ1v) is 6.48. The van der Waals surface area contributed by atoms with Crippen LogP contribution in [0, 0.1) is 13.8 Å². The second-order valence-electron chi connectivity index (χ2n) is 4.15. The maximum absolute atomic E-state index is 5.23. The van der Waals surface area contributed by atoms with Crippen LogP contribution in [-0.4, -0.2) is 17.3 Å². The first kappa shape index (κ1) is 13.0. The summed E-state index contributed by atoms with van der Waals surface area (Å²) >= 11 is 3.46. The quantitative estimate of drug-likeness (QED) is 0.910. The molecule has 0 bridgehead atoms. The fourth-order valence-electron chi connectivity index (χ4n) is 1.81. The third-order valence-corrected chi connectivity index (χ3v) is 3.31. The number of rotatable bonds is 4. The number of aromatic amines is 1. The summed E-state index contributed by atoms with van der Waals surface area (Å²) in [6.07, 6.45) is 0. The monoisotopic (exact) mass is 309 g/mol. The Kier molecular flexibility index (Phi) is 3.91. The minimum atomic E-state index is 0.744. The van der Waals surface area contributed by atoms with E-state index in [4.69, 9.17) is 4.74 Å². The molecule has 0 fully saturated rings. The molecule has 2 rings (SSSR count). The van der Waals surface area contributed by atoms with E-state index in [9.17, 15) is 0 Å². The molecule has 4 nitrogen and oxygen atoms in total. The summed E-state index contributed by atoms with van der Waals surface area (Å²) in [6, 6.07) is 5.92. The van der Waals surface area contributed by atoms with Gasteiger partial charge in [0.25, 0.3) is 0 Å². The minimum absolute atomic E-state index is 0.744. The van der Waals surface area contributed by atoms with Crippen LogP contribution in [0.4, 0.5) is 5.69 Å². The van der Waals surface area contributed by atoms with Gasteiger partial charge in [0.05, 0.1) is 12.8 Å². The number of nitrogens with zero attached hydrogens (tertiary/aromatic N) is 1. The Morgan fingerprint density at radius 3 is 2.72 bits per heavy atom. The van der Waals surface area contributed by atoms with E-state index in [2.05, 4.69) is 31.4 Å². The first-order chi connectivity index (χ1) is 8.60. The van der Waals surface area contributed by atoms with Gasteiger partial charge in [0.1, 0.15) is 5.75 Å². The van der Waals surface area contributed by atoms with Gasteiger partial charge < -0.3 is 10.1 Å². The predicted octanol–water partition coefficient (Wildman–Crippen LogP) is 3.41. The van der Waals surface area contributed by atoms with Gasteiger partial charge in [-0.25, -0.2) is 0 Å². The molecule has 0 aliphatic rings. The Labute approximate surface area is 115 Å². The van der Waals surface area contributed by atoms with Gasteiger partial charge in [-0.1, -0.05) is 15.9 Å². The average Bonchev–Trinajstić information content (AvgIpc) is 2.66. The van der Waals surface area contributed by atoms with E-state index in [0.29, 0.717) is 0 Å². The molecule has 0 aliphatic heterocycles. The predicted molar refractivity (Wildman–Crippen MR) is 76.1 cm³/mol. The molecular formula is C13H16BrN3O. The van der Waals surface area contributed by atoms with Crippen LogP contribution < -0.4 is 10.1 Å². The Hall–Kier alpha value is -1.49. The number of nitrogens with one attached hydrogen (secondary N) is 2. The van der Waals surface area contributed by atoms with Crippen LogP contribution in [-0.2, 0) is 6.54 Å². The fourth-order valence-corrected chi connectivity index (χ4v) is 2.28. The lowest BCUT2D eigenvalue weighted by atomic mass is 10.2. The van der Waals surface area contributed by atoms with Crippen molar-refractivity contribution in [2.45, 2.75) is 20.4 Å². The van der Waals surface area contributed by atoms with E-state index in [-0.39, 0.29) is 0 Å². The van der Waals surface area contributed by atoms with Crippen LogP contribution in [0.2, 0.25) is 0 Å². The highest BCUT2D eigenvalue weighted by Crippen LogP contribution is 2.25. The normalized spacial score (nSPS) is 10.4. The zero-order valence-corrected chi connectivity index (χ0v) is 12.3. The lowest BCUT2D eigenvalue weighted by Gasteiger charge is -2.09. The van der Waals surface area contributed by atoms with Crippen molar-refractivity contribution in [2.24, 2.45) is 0 Å². The molecule has 1 aromatic heterocycles. The molecule has 0 saturated carbocycles. The number of methoxy groups -OCH3 is 1. The van der Waals surface area contributed by atoms with Crippen molar-refractivity contribution in [2.75, 3.05) is 12.4 Å². The number of halogens is 1. The zero-order chi connectivity index (χ0) is 13.1. The second kappa shape index (κ2) is 5.44. The van der Waals surface area contributed by atoms with Crippen LogP contribution in [0.5, 0.6) is 5.75 Å². The third-order valence-electron chi connectivity index (χ3n) is 2.86. The summed E-state index contributed by atoms with van der Waals surface area (Å²) in [4.78, 5) is 0. The number of aryl methyl sites for hydroxylation is 2. The highest BCUT2D eigenvalue weighted by molar-refractivity contribution is 9.10. The summed E-state index contributed by atoms with van der Waals surface area (Å²) in [5.41, 5.74) is 4.35. The van der Waals surface area contributed by atoms with Crippen LogP contribution in [0.25, 0.3) is 0 Å². The van der Waals surface area contributed by atoms with Crippen LogP contribution in [0.15, 0.2) is 22.7 Å². The number of hydrogen-bond acceptors (Lipinski definition) is 3. The maximum atomic E-state index is 5.23. The Morgan fingerprint density at radius 1 is 1.33 bits per heavy atom. The second-order valence-corrected chi connectivity index (χ2v) is 5.06. The number of hydrogen-bond donors (Lipinski definition) is 2. The molecule has 0 atom stereocenters. The molecular weight excluding hydrogens is 294 g/mol. The molecule has 5 heteroatoms. The molecule has 0 aliphatic carbocycles. The van der Waals surface area contributed by atoms with Crippen molar-refractivity contribution in [3.63, 3.8) is 0 Å². The SMILES string of the molecule is COc1cc(Br)cc(NCc2c(C)n[nH]c2C)c1. The Morgan fingerprint density at radius 2 is 2.11 bits per heavy atom. The number of benzene rings is 1. The molecule has 2 aromatic rings. The van der Waals surface area contributed by atoms with Gasteiger partial charge in [-0.2, -0.15) is 5.10 Å². The molecule has 0 spiro atoms. The van der Waals surface area contributed by atoms with Gasteiger partial charge in [0.2, 0.25) is 0 Å². The molecule has 96 valence electrons. The zero-order valence-electron chi connectivity index (χ0n) is 10.7. The van der Waals surface area contributed by atoms with Crippen LogP contribution >= 0.6 is 15.9 Å². The van der Waals surface area contributed by atoms with Crippen molar-refractivity contribution >= 4 is 21.6 Å². The topological polar surface area (TPSA) is 49.9 Å². The number of aromatic nitrogens is 2. The van der Waals surface area contributed by atoms with Crippen molar-refractivity contribution in [3.05, 3.63) is 39.6 Å². The molecule has 18 heavy (non-hydrogen) atoms. The van der Waals surface area contributed by atoms with Gasteiger partial charge in [-0.05, 0) is 26.0 Å². The molecule has 2 N–H and O–H groups in total. The summed E-state index contributed by atoms with van der Waals surface area (Å²) in [5.74, 6) is 0.826. The number of ether oxygens (including phenoxy) is 1. The van der Waals surface area contributed by atoms with E-state index in [1.807, 2.05) is 32.0 Å². The van der Waals surface area contributed by atoms with Gasteiger partial charge in [0, 0.05) is 34.0 Å². The molecule has 0 unspecified atom stereocenters. The molecule has 0 radical (unpaired) electrons. The van der Waals surface area contributed by atoms with Gasteiger partial charge in [-0.3, -0.25) is 5.10 Å². The van der Waals surface area contributed by atoms with Crippen LogP contribution in [0.1, 0.15) is 17.0 Å². The maximum Gasteiger partial charge on any atom is 0.122 e. The summed E-state index contributed by atoms with van der Waals surface area (Å²) in [7, 11) is 1.66. The fraction of sp³-hybridized carbons (Fsp3) is 0.308. The van der Waals surface area contributed by atoms with Crippen LogP contribution in [0.3, 0.4) is 0 Å². The average molecular weight is 310 g/mol. The summed E-state index contributed by atoms with van der Waals surface area (Å²) in [6.45, 7) is 4.77. The Bertz CT molecular complexity index is 532. The molecule has 1 heterocycles. The smallest absolute Gasteiger partial charge is 0.122 e.